The molecule has 0 spiro atoms. The molecule has 3 rings (SSSR count). The lowest BCUT2D eigenvalue weighted by Crippen LogP contribution is -2.32. The van der Waals surface area contributed by atoms with Crippen LogP contribution in [-0.4, -0.2) is 30.8 Å². The van der Waals surface area contributed by atoms with Crippen molar-refractivity contribution >= 4 is 40.5 Å². The van der Waals surface area contributed by atoms with Crippen molar-refractivity contribution in [3.8, 4) is 5.75 Å². The SMILES string of the molecule is C[C@H](Nc1ccc(N2CCCC2=O)c(Cl)c1)C(=O)Nc1ccc(OC(F)(F)F)cc1. The molecular formula is C20H19ClF3N3O3. The fourth-order valence-corrected chi connectivity index (χ4v) is 3.31. The van der Waals surface area contributed by atoms with Crippen LogP contribution in [0.1, 0.15) is 19.8 Å². The van der Waals surface area contributed by atoms with Gasteiger partial charge in [0.05, 0.1) is 10.7 Å². The van der Waals surface area contributed by atoms with E-state index in [1.165, 1.54) is 12.1 Å². The number of carbonyl (C=O) groups excluding carboxylic acids is 2. The first kappa shape index (κ1) is 21.8. The fraction of sp³-hybridized carbons (Fsp3) is 0.300. The lowest BCUT2D eigenvalue weighted by molar-refractivity contribution is -0.274. The minimum Gasteiger partial charge on any atom is -0.406 e. The molecule has 160 valence electrons. The molecule has 0 saturated carbocycles. The highest BCUT2D eigenvalue weighted by Crippen LogP contribution is 2.32. The van der Waals surface area contributed by atoms with Crippen molar-refractivity contribution in [1.29, 1.82) is 0 Å². The van der Waals surface area contributed by atoms with Crippen LogP contribution in [0.15, 0.2) is 42.5 Å². The first-order chi connectivity index (χ1) is 14.1. The molecule has 1 aliphatic rings. The summed E-state index contributed by atoms with van der Waals surface area (Å²) in [4.78, 5) is 25.9. The average molecular weight is 442 g/mol. The normalized spacial score (nSPS) is 15.1. The number of ether oxygens (including phenoxy) is 1. The summed E-state index contributed by atoms with van der Waals surface area (Å²) in [5.41, 5.74) is 1.54. The average Bonchev–Trinajstić information content (AvgIpc) is 3.08. The van der Waals surface area contributed by atoms with Crippen molar-refractivity contribution in [2.45, 2.75) is 32.2 Å². The third-order valence-corrected chi connectivity index (χ3v) is 4.75. The van der Waals surface area contributed by atoms with E-state index in [2.05, 4.69) is 15.4 Å². The smallest absolute Gasteiger partial charge is 0.406 e. The van der Waals surface area contributed by atoms with Gasteiger partial charge in [-0.15, -0.1) is 13.2 Å². The van der Waals surface area contributed by atoms with Crippen LogP contribution < -0.4 is 20.3 Å². The van der Waals surface area contributed by atoms with Gasteiger partial charge < -0.3 is 20.3 Å². The third kappa shape index (κ3) is 5.56. The first-order valence-corrected chi connectivity index (χ1v) is 9.53. The molecule has 1 saturated heterocycles. The van der Waals surface area contributed by atoms with Gasteiger partial charge >= 0.3 is 6.36 Å². The molecule has 1 aliphatic heterocycles. The summed E-state index contributed by atoms with van der Waals surface area (Å²) < 4.78 is 40.4. The van der Waals surface area contributed by atoms with Gasteiger partial charge in [-0.25, -0.2) is 0 Å². The summed E-state index contributed by atoms with van der Waals surface area (Å²) in [7, 11) is 0. The van der Waals surface area contributed by atoms with Crippen molar-refractivity contribution in [3.05, 3.63) is 47.5 Å². The maximum absolute atomic E-state index is 12.4. The zero-order valence-electron chi connectivity index (χ0n) is 15.9. The molecule has 0 radical (unpaired) electrons. The number of hydrogen-bond donors (Lipinski definition) is 2. The Morgan fingerprint density at radius 2 is 1.83 bits per heavy atom. The molecule has 0 bridgehead atoms. The zero-order chi connectivity index (χ0) is 21.9. The Morgan fingerprint density at radius 1 is 1.17 bits per heavy atom. The molecule has 6 nitrogen and oxygen atoms in total. The molecule has 1 fully saturated rings. The van der Waals surface area contributed by atoms with E-state index in [0.29, 0.717) is 35.1 Å². The highest BCUT2D eigenvalue weighted by molar-refractivity contribution is 6.34. The van der Waals surface area contributed by atoms with Crippen molar-refractivity contribution in [2.24, 2.45) is 0 Å². The van der Waals surface area contributed by atoms with Gasteiger partial charge in [-0.05, 0) is 55.8 Å². The van der Waals surface area contributed by atoms with Crippen LogP contribution >= 0.6 is 11.6 Å². The van der Waals surface area contributed by atoms with E-state index in [0.717, 1.165) is 18.6 Å². The maximum Gasteiger partial charge on any atom is 0.573 e. The Balaban J connectivity index is 1.59. The van der Waals surface area contributed by atoms with Crippen molar-refractivity contribution < 1.29 is 27.5 Å². The summed E-state index contributed by atoms with van der Waals surface area (Å²) in [5, 5.41) is 6.00. The van der Waals surface area contributed by atoms with Gasteiger partial charge in [-0.3, -0.25) is 9.59 Å². The topological polar surface area (TPSA) is 70.7 Å². The standard InChI is InChI=1S/C20H19ClF3N3O3/c1-12(19(29)26-13-4-7-15(8-5-13)30-20(22,23)24)25-14-6-9-17(16(21)11-14)27-10-2-3-18(27)28/h4-9,11-12,25H,2-3,10H2,1H3,(H,26,29)/t12-/m0/s1. The number of nitrogens with one attached hydrogen (secondary N) is 2. The molecular weight excluding hydrogens is 423 g/mol. The minimum absolute atomic E-state index is 0.0250. The van der Waals surface area contributed by atoms with Crippen molar-refractivity contribution in [3.63, 3.8) is 0 Å². The molecule has 0 aliphatic carbocycles. The fourth-order valence-electron chi connectivity index (χ4n) is 3.02. The second-order valence-electron chi connectivity index (χ2n) is 6.74. The van der Waals surface area contributed by atoms with Gasteiger partial charge in [0, 0.05) is 24.3 Å². The van der Waals surface area contributed by atoms with Gasteiger partial charge in [0.1, 0.15) is 11.8 Å². The Bertz CT molecular complexity index is 935. The lowest BCUT2D eigenvalue weighted by Gasteiger charge is -2.20. The Labute approximate surface area is 175 Å². The number of amides is 2. The number of nitrogens with zero attached hydrogens (tertiary/aromatic N) is 1. The molecule has 0 unspecified atom stereocenters. The molecule has 2 aromatic carbocycles. The van der Waals surface area contributed by atoms with Gasteiger partial charge in [0.2, 0.25) is 11.8 Å². The van der Waals surface area contributed by atoms with E-state index in [-0.39, 0.29) is 11.7 Å². The molecule has 1 heterocycles. The Morgan fingerprint density at radius 3 is 2.40 bits per heavy atom. The summed E-state index contributed by atoms with van der Waals surface area (Å²) >= 11 is 6.30. The Kier molecular flexibility index (Phi) is 6.40. The van der Waals surface area contributed by atoms with E-state index < -0.39 is 18.3 Å². The number of hydrogen-bond acceptors (Lipinski definition) is 4. The summed E-state index contributed by atoms with van der Waals surface area (Å²) in [6.45, 7) is 2.25. The molecule has 2 amide bonds. The van der Waals surface area contributed by atoms with Crippen LogP contribution in [0, 0.1) is 0 Å². The second kappa shape index (κ2) is 8.83. The predicted octanol–water partition coefficient (Wildman–Crippen LogP) is 4.80. The third-order valence-electron chi connectivity index (χ3n) is 4.44. The monoisotopic (exact) mass is 441 g/mol. The summed E-state index contributed by atoms with van der Waals surface area (Å²) in [6, 6.07) is 9.26. The molecule has 0 aromatic heterocycles. The number of benzene rings is 2. The Hall–Kier alpha value is -2.94. The van der Waals surface area contributed by atoms with Crippen LogP contribution in [0.3, 0.4) is 0 Å². The number of rotatable bonds is 6. The second-order valence-corrected chi connectivity index (χ2v) is 7.15. The van der Waals surface area contributed by atoms with E-state index in [1.807, 2.05) is 0 Å². The van der Waals surface area contributed by atoms with Gasteiger partial charge in [-0.1, -0.05) is 11.6 Å². The molecule has 30 heavy (non-hydrogen) atoms. The molecule has 2 N–H and O–H groups in total. The van der Waals surface area contributed by atoms with E-state index in [1.54, 1.807) is 30.0 Å². The molecule has 1 atom stereocenters. The van der Waals surface area contributed by atoms with Gasteiger partial charge in [-0.2, -0.15) is 0 Å². The van der Waals surface area contributed by atoms with E-state index >= 15 is 0 Å². The van der Waals surface area contributed by atoms with E-state index in [4.69, 9.17) is 11.6 Å². The van der Waals surface area contributed by atoms with Crippen molar-refractivity contribution in [1.82, 2.24) is 0 Å². The number of halogens is 4. The van der Waals surface area contributed by atoms with Gasteiger partial charge in [0.15, 0.2) is 0 Å². The van der Waals surface area contributed by atoms with E-state index in [9.17, 15) is 22.8 Å². The van der Waals surface area contributed by atoms with Crippen LogP contribution in [0.2, 0.25) is 5.02 Å². The largest absolute Gasteiger partial charge is 0.573 e. The number of anilines is 3. The van der Waals surface area contributed by atoms with Crippen LogP contribution in [0.4, 0.5) is 30.2 Å². The lowest BCUT2D eigenvalue weighted by atomic mass is 10.2. The minimum atomic E-state index is -4.78. The van der Waals surface area contributed by atoms with Crippen LogP contribution in [0.25, 0.3) is 0 Å². The van der Waals surface area contributed by atoms with Crippen LogP contribution in [-0.2, 0) is 9.59 Å². The van der Waals surface area contributed by atoms with Gasteiger partial charge in [0.25, 0.3) is 0 Å². The molecule has 10 heteroatoms. The van der Waals surface area contributed by atoms with Crippen molar-refractivity contribution in [2.75, 3.05) is 22.1 Å². The summed E-state index contributed by atoms with van der Waals surface area (Å²) in [6.07, 6.45) is -3.49. The first-order valence-electron chi connectivity index (χ1n) is 9.15. The zero-order valence-corrected chi connectivity index (χ0v) is 16.7. The predicted molar refractivity (Wildman–Crippen MR) is 108 cm³/mol. The summed E-state index contributed by atoms with van der Waals surface area (Å²) in [5.74, 6) is -0.746. The highest BCUT2D eigenvalue weighted by Gasteiger charge is 2.31. The van der Waals surface area contributed by atoms with Crippen LogP contribution in [0.5, 0.6) is 5.75 Å². The molecule has 2 aromatic rings. The quantitative estimate of drug-likeness (QED) is 0.675. The number of alkyl halides is 3. The number of carbonyl (C=O) groups is 2. The highest BCUT2D eigenvalue weighted by atomic mass is 35.5. The maximum atomic E-state index is 12.4.